The molecule has 1 fully saturated rings. The molecule has 94 heavy (non-hydrogen) atoms. The highest BCUT2D eigenvalue weighted by Crippen LogP contribution is 2.34. The van der Waals surface area contributed by atoms with Crippen molar-refractivity contribution >= 4 is 96.9 Å². The molecule has 0 spiro atoms. The molecule has 2 aromatic rings. The number of primary amides is 1. The molecule has 0 saturated carbocycles. The molecule has 26 nitrogen and oxygen atoms in total. The average molecular weight is 1450 g/mol. The summed E-state index contributed by atoms with van der Waals surface area (Å²) in [6.07, 6.45) is -0.722. The summed E-state index contributed by atoms with van der Waals surface area (Å²) < 4.78 is 18.3. The van der Waals surface area contributed by atoms with Crippen LogP contribution < -0.4 is 37.6 Å². The summed E-state index contributed by atoms with van der Waals surface area (Å²) >= 11 is 6.37. The number of urea groups is 1. The van der Waals surface area contributed by atoms with Gasteiger partial charge in [0, 0.05) is 60.1 Å². The van der Waals surface area contributed by atoms with Crippen molar-refractivity contribution in [2.45, 2.75) is 200 Å². The quantitative estimate of drug-likeness (QED) is 0.0368. The molecule has 0 aromatic heterocycles. The summed E-state index contributed by atoms with van der Waals surface area (Å²) in [7, 11) is 5.97. The predicted molar refractivity (Wildman–Crippen MR) is 361 cm³/mol. The number of nitrogens with two attached hydrogens (primary N) is 1. The number of anilines is 1. The maximum Gasteiger partial charge on any atom is 0.410 e. The van der Waals surface area contributed by atoms with Crippen molar-refractivity contribution in [2.24, 2.45) is 29.4 Å². The molecule has 0 radical (unpaired) electrons. The number of aliphatic hydroxyl groups excluding tert-OH is 2. The monoisotopic (exact) mass is 1450 g/mol. The number of unbranched alkanes of at least 4 members (excludes halogenated alkanes) is 2. The Labute approximate surface area is 569 Å². The van der Waals surface area contributed by atoms with Crippen LogP contribution >= 0.6 is 31.9 Å². The third kappa shape index (κ3) is 22.7. The molecule has 11 amide bonds. The van der Waals surface area contributed by atoms with Gasteiger partial charge >= 0.3 is 12.1 Å². The number of aliphatic hydroxyl groups is 2. The van der Waals surface area contributed by atoms with Crippen LogP contribution in [-0.2, 0) is 59.2 Å². The van der Waals surface area contributed by atoms with Crippen molar-refractivity contribution in [1.82, 2.24) is 46.2 Å². The van der Waals surface area contributed by atoms with Gasteiger partial charge in [-0.3, -0.25) is 43.3 Å². The Morgan fingerprint density at radius 3 is 2.01 bits per heavy atom. The predicted octanol–water partition coefficient (Wildman–Crippen LogP) is 5.68. The number of nitrogens with one attached hydrogen (secondary N) is 6. The normalized spacial score (nSPS) is 18.4. The van der Waals surface area contributed by atoms with Crippen molar-refractivity contribution in [3.8, 4) is 0 Å². The van der Waals surface area contributed by atoms with Crippen LogP contribution in [0.4, 0.5) is 15.3 Å². The molecular formula is C66H101Br2N11O15. The summed E-state index contributed by atoms with van der Waals surface area (Å²) in [6.45, 7) is 16.4. The molecule has 2 aliphatic rings. The standard InChI is InChI=1S/C66H101Br2N11O15/c1-14-39(6)55(48(92-12)35-50(81)78-34-22-26-47(78)57(93-13)40(7)58(83)71-41(8)56(82)44-23-17-15-18-24-44)76(10)62(87)46(25-21-32-70-65(69)90)74-61(86)54(38(4)5)77(11)66(91)94-36-43-28-30-45(31-29-43)73-59(84)42(9)72-60(85)53(37(2)3)75-49(80)27-19-16-20-33-79-63(88)51(67)52(68)64(79)89/h15,17-18,23-24,28-31,37-42,46-48,53-57,63,82,88H,14,16,19-22,25-27,32-36H2,1-13H3,(H,71,83)(H,72,85)(H,73,84)(H,74,86)(H,75,80)(H3,69,70,90)/t39-,40+,41+,42-,46-,47-,48+,53-,54-,55-,56+,57+,63?/m0/s1. The minimum absolute atomic E-state index is 0.0436. The highest BCUT2D eigenvalue weighted by Gasteiger charge is 2.44. The van der Waals surface area contributed by atoms with Crippen LogP contribution in [0, 0.1) is 23.7 Å². The average Bonchev–Trinajstić information content (AvgIpc) is 1.61. The molecule has 4 rings (SSSR count). The Kier molecular flexibility index (Phi) is 32.8. The topological polar surface area (TPSA) is 350 Å². The van der Waals surface area contributed by atoms with E-state index in [1.807, 2.05) is 32.0 Å². The Balaban J connectivity index is 1.36. The Bertz CT molecular complexity index is 2910. The maximum absolute atomic E-state index is 14.9. The fourth-order valence-corrected chi connectivity index (χ4v) is 12.7. The van der Waals surface area contributed by atoms with Crippen molar-refractivity contribution in [1.29, 1.82) is 0 Å². The minimum Gasteiger partial charge on any atom is -0.445 e. The summed E-state index contributed by atoms with van der Waals surface area (Å²) in [6, 6.07) is 8.62. The zero-order valence-corrected chi connectivity index (χ0v) is 59.8. The second-order valence-electron chi connectivity index (χ2n) is 25.1. The number of amides is 11. The molecule has 2 aliphatic heterocycles. The van der Waals surface area contributed by atoms with E-state index in [2.05, 4.69) is 63.8 Å². The van der Waals surface area contributed by atoms with E-state index >= 15 is 0 Å². The van der Waals surface area contributed by atoms with Gasteiger partial charge in [0.25, 0.3) is 5.91 Å². The molecule has 0 aliphatic carbocycles. The second kappa shape index (κ2) is 38.7. The Hall–Kier alpha value is -6.72. The maximum atomic E-state index is 14.9. The first-order valence-electron chi connectivity index (χ1n) is 32.3. The van der Waals surface area contributed by atoms with Crippen LogP contribution in [0.5, 0.6) is 0 Å². The van der Waals surface area contributed by atoms with E-state index in [0.717, 1.165) is 4.90 Å². The van der Waals surface area contributed by atoms with Gasteiger partial charge in [-0.25, -0.2) is 9.59 Å². The lowest BCUT2D eigenvalue weighted by Crippen LogP contribution is -2.59. The highest BCUT2D eigenvalue weighted by atomic mass is 79.9. The van der Waals surface area contributed by atoms with Crippen molar-refractivity contribution < 1.29 is 72.4 Å². The van der Waals surface area contributed by atoms with Crippen LogP contribution in [-0.4, -0.2) is 198 Å². The van der Waals surface area contributed by atoms with Gasteiger partial charge in [0.2, 0.25) is 41.4 Å². The molecule has 13 atom stereocenters. The van der Waals surface area contributed by atoms with Crippen LogP contribution in [0.2, 0.25) is 0 Å². The van der Waals surface area contributed by atoms with E-state index in [9.17, 15) is 58.2 Å². The van der Waals surface area contributed by atoms with E-state index in [1.165, 1.54) is 38.0 Å². The number of likely N-dealkylation sites (N-methyl/N-ethyl adjacent to an activating group) is 2. The Morgan fingerprint density at radius 1 is 0.777 bits per heavy atom. The van der Waals surface area contributed by atoms with Gasteiger partial charge in [0.15, 0.2) is 6.23 Å². The number of ether oxygens (including phenoxy) is 3. The van der Waals surface area contributed by atoms with Gasteiger partial charge < -0.3 is 76.8 Å². The van der Waals surface area contributed by atoms with Crippen LogP contribution in [0.25, 0.3) is 0 Å². The first kappa shape index (κ1) is 79.7. The van der Waals surface area contributed by atoms with Gasteiger partial charge in [0.1, 0.15) is 30.8 Å². The number of hydrogen-bond acceptors (Lipinski definition) is 15. The number of carbonyl (C=O) groups is 10. The van der Waals surface area contributed by atoms with E-state index in [0.29, 0.717) is 72.9 Å². The van der Waals surface area contributed by atoms with Crippen LogP contribution in [0.1, 0.15) is 144 Å². The first-order valence-corrected chi connectivity index (χ1v) is 33.9. The van der Waals surface area contributed by atoms with E-state index in [1.54, 1.807) is 89.9 Å². The molecule has 10 N–H and O–H groups in total. The highest BCUT2D eigenvalue weighted by molar-refractivity contribution is 9.14. The van der Waals surface area contributed by atoms with Crippen LogP contribution in [0.3, 0.4) is 0 Å². The van der Waals surface area contributed by atoms with Crippen molar-refractivity contribution in [2.75, 3.05) is 53.3 Å². The zero-order chi connectivity index (χ0) is 70.3. The fourth-order valence-electron chi connectivity index (χ4n) is 11.9. The number of benzene rings is 2. The Morgan fingerprint density at radius 2 is 1.44 bits per heavy atom. The van der Waals surface area contributed by atoms with Gasteiger partial charge in [-0.1, -0.05) is 104 Å². The fraction of sp³-hybridized carbons (Fsp3) is 0.636. The lowest BCUT2D eigenvalue weighted by atomic mass is 9.89. The number of rotatable bonds is 37. The number of halogens is 2. The van der Waals surface area contributed by atoms with Gasteiger partial charge in [0.05, 0.1) is 57.7 Å². The number of nitrogens with zero attached hydrogens (tertiary/aromatic N) is 4. The summed E-state index contributed by atoms with van der Waals surface area (Å²) in [4.78, 5) is 141. The third-order valence-corrected chi connectivity index (χ3v) is 19.6. The van der Waals surface area contributed by atoms with Crippen molar-refractivity contribution in [3.63, 3.8) is 0 Å². The number of hydrogen-bond donors (Lipinski definition) is 9. The first-order chi connectivity index (χ1) is 44.4. The SMILES string of the molecule is CC[C@H](C)[C@@H]([C@@H](CC(=O)N1CCC[C@H]1[C@H](OC)[C@@H](C)C(=O)N[C@H](C)[C@@H](O)c1ccccc1)OC)N(C)C(=O)[C@H](CCCNC(N)=O)NC(=O)[C@H](C(C)C)N(C)C(=O)OCc1ccc(NC(=O)[C@H](C)NC(=O)[C@@H](NC(=O)CCCCCN2C(=O)C(Br)=C(Br)C2O)C(C)C)cc1. The van der Waals surface area contributed by atoms with E-state index in [4.69, 9.17) is 19.9 Å². The zero-order valence-electron chi connectivity index (χ0n) is 56.6. The molecule has 0 bridgehead atoms. The third-order valence-electron chi connectivity index (χ3n) is 17.5. The number of carbonyl (C=O) groups excluding carboxylic acids is 10. The summed E-state index contributed by atoms with van der Waals surface area (Å²) in [5, 5.41) is 37.8. The second-order valence-corrected chi connectivity index (χ2v) is 26.8. The molecule has 1 unspecified atom stereocenters. The number of methoxy groups -OCH3 is 2. The largest absolute Gasteiger partial charge is 0.445 e. The van der Waals surface area contributed by atoms with Gasteiger partial charge in [-0.05, 0) is 125 Å². The molecular weight excluding hydrogens is 1350 g/mol. The lowest BCUT2D eigenvalue weighted by molar-refractivity contribution is -0.147. The smallest absolute Gasteiger partial charge is 0.410 e. The lowest BCUT2D eigenvalue weighted by Gasteiger charge is -2.40. The van der Waals surface area contributed by atoms with Crippen LogP contribution in [0.15, 0.2) is 63.6 Å². The number of likely N-dealkylation sites (tertiary alicyclic amines) is 1. The van der Waals surface area contributed by atoms with E-state index in [-0.39, 0.29) is 78.8 Å². The molecule has 524 valence electrons. The minimum atomic E-state index is -1.19. The molecule has 2 heterocycles. The molecule has 1 saturated heterocycles. The van der Waals surface area contributed by atoms with Gasteiger partial charge in [-0.15, -0.1) is 0 Å². The van der Waals surface area contributed by atoms with Gasteiger partial charge in [-0.2, -0.15) is 0 Å². The summed E-state index contributed by atoms with van der Waals surface area (Å²) in [5.41, 5.74) is 6.92. The van der Waals surface area contributed by atoms with E-state index < -0.39 is 114 Å². The molecule has 2 aromatic carbocycles. The molecule has 28 heteroatoms. The summed E-state index contributed by atoms with van der Waals surface area (Å²) in [5.74, 6) is -5.28. The van der Waals surface area contributed by atoms with Crippen molar-refractivity contribution in [3.05, 3.63) is 74.7 Å².